The molecule has 0 unspecified atom stereocenters. The second-order valence-corrected chi connectivity index (χ2v) is 6.10. The van der Waals surface area contributed by atoms with Crippen LogP contribution >= 0.6 is 27.7 Å². The normalized spacial score (nSPS) is 10.3. The molecule has 0 amide bonds. The van der Waals surface area contributed by atoms with Crippen molar-refractivity contribution in [2.45, 2.75) is 11.4 Å². The first kappa shape index (κ1) is 15.1. The first-order valence-electron chi connectivity index (χ1n) is 6.21. The van der Waals surface area contributed by atoms with E-state index in [1.165, 1.54) is 17.0 Å². The monoisotopic (exact) mass is 351 g/mol. The van der Waals surface area contributed by atoms with Crippen molar-refractivity contribution in [3.8, 4) is 0 Å². The van der Waals surface area contributed by atoms with Crippen molar-refractivity contribution in [3.05, 3.63) is 71.0 Å². The zero-order chi connectivity index (χ0) is 14.4. The number of halogens is 2. The Morgan fingerprint density at radius 3 is 2.80 bits per heavy atom. The van der Waals surface area contributed by atoms with Gasteiger partial charge in [0.2, 0.25) is 0 Å². The van der Waals surface area contributed by atoms with Gasteiger partial charge in [0.15, 0.2) is 0 Å². The molecule has 0 heterocycles. The lowest BCUT2D eigenvalue weighted by atomic mass is 10.2. The van der Waals surface area contributed by atoms with E-state index in [0.29, 0.717) is 6.54 Å². The SMILES string of the molecule is C=CCSc1ccccc1NCc1ccc(F)cc1Br. The predicted octanol–water partition coefficient (Wildman–Crippen LogP) is 5.48. The smallest absolute Gasteiger partial charge is 0.124 e. The number of nitrogens with one attached hydrogen (secondary N) is 1. The number of benzene rings is 2. The van der Waals surface area contributed by atoms with E-state index in [1.54, 1.807) is 17.8 Å². The van der Waals surface area contributed by atoms with Gasteiger partial charge in [0.25, 0.3) is 0 Å². The van der Waals surface area contributed by atoms with Crippen LogP contribution in [0.3, 0.4) is 0 Å². The van der Waals surface area contributed by atoms with Gasteiger partial charge in [0, 0.05) is 27.4 Å². The molecule has 0 fully saturated rings. The van der Waals surface area contributed by atoms with Crippen molar-refractivity contribution in [1.29, 1.82) is 0 Å². The molecular weight excluding hydrogens is 337 g/mol. The lowest BCUT2D eigenvalue weighted by Crippen LogP contribution is -2.01. The van der Waals surface area contributed by atoms with Crippen molar-refractivity contribution < 1.29 is 4.39 Å². The molecule has 4 heteroatoms. The summed E-state index contributed by atoms with van der Waals surface area (Å²) in [4.78, 5) is 1.19. The van der Waals surface area contributed by atoms with Gasteiger partial charge in [-0.05, 0) is 29.8 Å². The van der Waals surface area contributed by atoms with Gasteiger partial charge in [-0.2, -0.15) is 0 Å². The standard InChI is InChI=1S/C16H15BrFNS/c1-2-9-20-16-6-4-3-5-15(16)19-11-12-7-8-13(18)10-14(12)17/h2-8,10,19H,1,9,11H2. The van der Waals surface area contributed by atoms with E-state index >= 15 is 0 Å². The number of thioether (sulfide) groups is 1. The minimum absolute atomic E-state index is 0.234. The molecule has 20 heavy (non-hydrogen) atoms. The summed E-state index contributed by atoms with van der Waals surface area (Å²) in [6.07, 6.45) is 1.89. The van der Waals surface area contributed by atoms with Crippen LogP contribution in [0.25, 0.3) is 0 Å². The maximum absolute atomic E-state index is 13.1. The average Bonchev–Trinajstić information content (AvgIpc) is 2.45. The van der Waals surface area contributed by atoms with Gasteiger partial charge < -0.3 is 5.32 Å². The molecule has 2 rings (SSSR count). The fourth-order valence-corrected chi connectivity index (χ4v) is 3.00. The largest absolute Gasteiger partial charge is 0.380 e. The molecule has 0 aromatic heterocycles. The molecule has 0 aliphatic rings. The Morgan fingerprint density at radius 1 is 1.25 bits per heavy atom. The Kier molecular flexibility index (Phi) is 5.68. The van der Waals surface area contributed by atoms with Gasteiger partial charge >= 0.3 is 0 Å². The first-order chi connectivity index (χ1) is 9.70. The highest BCUT2D eigenvalue weighted by molar-refractivity contribution is 9.10. The molecule has 0 saturated heterocycles. The molecule has 2 aromatic rings. The summed E-state index contributed by atoms with van der Waals surface area (Å²) in [5.41, 5.74) is 2.10. The third-order valence-corrected chi connectivity index (χ3v) is 4.54. The highest BCUT2D eigenvalue weighted by Gasteiger charge is 2.04. The number of anilines is 1. The summed E-state index contributed by atoms with van der Waals surface area (Å²) in [6.45, 7) is 4.38. The van der Waals surface area contributed by atoms with E-state index in [9.17, 15) is 4.39 Å². The average molecular weight is 352 g/mol. The van der Waals surface area contributed by atoms with Gasteiger partial charge in [0.1, 0.15) is 5.82 Å². The minimum Gasteiger partial charge on any atom is -0.380 e. The van der Waals surface area contributed by atoms with E-state index < -0.39 is 0 Å². The van der Waals surface area contributed by atoms with E-state index in [2.05, 4.69) is 33.9 Å². The maximum Gasteiger partial charge on any atom is 0.124 e. The molecule has 1 nitrogen and oxygen atoms in total. The number of para-hydroxylation sites is 1. The van der Waals surface area contributed by atoms with E-state index in [4.69, 9.17) is 0 Å². The summed E-state index contributed by atoms with van der Waals surface area (Å²) in [5, 5.41) is 3.39. The van der Waals surface area contributed by atoms with Gasteiger partial charge in [-0.3, -0.25) is 0 Å². The molecule has 0 aliphatic carbocycles. The van der Waals surface area contributed by atoms with E-state index in [-0.39, 0.29) is 5.82 Å². The van der Waals surface area contributed by atoms with Crippen molar-refractivity contribution in [3.63, 3.8) is 0 Å². The zero-order valence-corrected chi connectivity index (χ0v) is 13.3. The van der Waals surface area contributed by atoms with Gasteiger partial charge in [0.05, 0.1) is 0 Å². The van der Waals surface area contributed by atoms with Gasteiger partial charge in [-0.25, -0.2) is 4.39 Å². The molecule has 1 N–H and O–H groups in total. The zero-order valence-electron chi connectivity index (χ0n) is 10.9. The molecule has 0 radical (unpaired) electrons. The molecular formula is C16H15BrFNS. The van der Waals surface area contributed by atoms with Crippen LogP contribution in [0.15, 0.2) is 64.5 Å². The van der Waals surface area contributed by atoms with Crippen LogP contribution in [0.4, 0.5) is 10.1 Å². The summed E-state index contributed by atoms with van der Waals surface area (Å²) >= 11 is 5.12. The Morgan fingerprint density at radius 2 is 2.05 bits per heavy atom. The molecule has 0 spiro atoms. The van der Waals surface area contributed by atoms with Crippen molar-refractivity contribution in [2.75, 3.05) is 11.1 Å². The number of hydrogen-bond acceptors (Lipinski definition) is 2. The topological polar surface area (TPSA) is 12.0 Å². The van der Waals surface area contributed by atoms with Crippen LogP contribution in [0.5, 0.6) is 0 Å². The highest BCUT2D eigenvalue weighted by atomic mass is 79.9. The van der Waals surface area contributed by atoms with E-state index in [0.717, 1.165) is 21.5 Å². The number of rotatable bonds is 6. The molecule has 0 atom stereocenters. The lowest BCUT2D eigenvalue weighted by molar-refractivity contribution is 0.626. The Labute approximate surface area is 131 Å². The Hall–Kier alpha value is -1.26. The van der Waals surface area contributed by atoms with Crippen LogP contribution < -0.4 is 5.32 Å². The molecule has 0 aliphatic heterocycles. The van der Waals surface area contributed by atoms with Crippen LogP contribution in [-0.4, -0.2) is 5.75 Å². The van der Waals surface area contributed by atoms with Crippen LogP contribution in [0.2, 0.25) is 0 Å². The van der Waals surface area contributed by atoms with Crippen molar-refractivity contribution in [1.82, 2.24) is 0 Å². The maximum atomic E-state index is 13.1. The highest BCUT2D eigenvalue weighted by Crippen LogP contribution is 2.28. The molecule has 104 valence electrons. The fraction of sp³-hybridized carbons (Fsp3) is 0.125. The second kappa shape index (κ2) is 7.50. The third-order valence-electron chi connectivity index (χ3n) is 2.73. The molecule has 2 aromatic carbocycles. The summed E-state index contributed by atoms with van der Waals surface area (Å²) in [7, 11) is 0. The van der Waals surface area contributed by atoms with Gasteiger partial charge in [-0.15, -0.1) is 18.3 Å². The van der Waals surface area contributed by atoms with Crippen LogP contribution in [0, 0.1) is 5.82 Å². The molecule has 0 bridgehead atoms. The lowest BCUT2D eigenvalue weighted by Gasteiger charge is -2.12. The van der Waals surface area contributed by atoms with Gasteiger partial charge in [-0.1, -0.05) is 40.2 Å². The quantitative estimate of drug-likeness (QED) is 0.546. The molecule has 0 saturated carbocycles. The minimum atomic E-state index is -0.234. The van der Waals surface area contributed by atoms with E-state index in [1.807, 2.05) is 24.3 Å². The van der Waals surface area contributed by atoms with Crippen molar-refractivity contribution in [2.24, 2.45) is 0 Å². The Bertz CT molecular complexity index is 601. The predicted molar refractivity (Wildman–Crippen MR) is 88.8 cm³/mol. The van der Waals surface area contributed by atoms with Crippen LogP contribution in [-0.2, 0) is 6.54 Å². The summed E-state index contributed by atoms with van der Waals surface area (Å²) in [6, 6.07) is 12.9. The third kappa shape index (κ3) is 4.12. The fourth-order valence-electron chi connectivity index (χ4n) is 1.74. The van der Waals surface area contributed by atoms with Crippen LogP contribution in [0.1, 0.15) is 5.56 Å². The first-order valence-corrected chi connectivity index (χ1v) is 7.99. The van der Waals surface area contributed by atoms with Crippen molar-refractivity contribution >= 4 is 33.4 Å². The Balaban J connectivity index is 2.08. The second-order valence-electron chi connectivity index (χ2n) is 4.19. The number of hydrogen-bond donors (Lipinski definition) is 1. The summed E-state index contributed by atoms with van der Waals surface area (Å²) < 4.78 is 13.8. The summed E-state index contributed by atoms with van der Waals surface area (Å²) in [5.74, 6) is 0.640.